The molecule has 2 heteroatoms. The van der Waals surface area contributed by atoms with Crippen LogP contribution in [0.2, 0.25) is 0 Å². The summed E-state index contributed by atoms with van der Waals surface area (Å²) in [5, 5.41) is 14.5. The average molecular weight is 352 g/mol. The third-order valence-electron chi connectivity index (χ3n) is 4.42. The summed E-state index contributed by atoms with van der Waals surface area (Å²) in [4.78, 5) is 0. The third-order valence-corrected chi connectivity index (χ3v) is 4.42. The van der Waals surface area contributed by atoms with Gasteiger partial charge in [0.15, 0.2) is 12.1 Å². The van der Waals surface area contributed by atoms with Crippen molar-refractivity contribution in [3.63, 3.8) is 0 Å². The molecule has 0 N–H and O–H groups in total. The second kappa shape index (κ2) is 11.3. The molecule has 27 heavy (non-hydrogen) atoms. The highest BCUT2D eigenvalue weighted by Gasteiger charge is 2.10. The summed E-state index contributed by atoms with van der Waals surface area (Å²) in [6.45, 7) is 2.26. The molecule has 0 unspecified atom stereocenters. The molecule has 0 radical (unpaired) electrons. The van der Waals surface area contributed by atoms with Gasteiger partial charge in [-0.05, 0) is 40.7 Å². The van der Waals surface area contributed by atoms with Crippen molar-refractivity contribution in [2.75, 3.05) is 0 Å². The Bertz CT molecular complexity index is 903. The van der Waals surface area contributed by atoms with E-state index in [4.69, 9.17) is 10.5 Å². The normalized spacial score (nSPS) is 9.44. The van der Waals surface area contributed by atoms with Gasteiger partial charge in [-0.15, -0.1) is 0 Å². The van der Waals surface area contributed by atoms with E-state index in [0.29, 0.717) is 0 Å². The molecule has 0 bridgehead atoms. The van der Waals surface area contributed by atoms with Gasteiger partial charge >= 0.3 is 0 Å². The first kappa shape index (κ1) is 20.0. The Morgan fingerprint density at radius 1 is 0.630 bits per heavy atom. The van der Waals surface area contributed by atoms with Crippen molar-refractivity contribution in [1.29, 1.82) is 10.5 Å². The van der Waals surface area contributed by atoms with Gasteiger partial charge in [-0.1, -0.05) is 98.6 Å². The zero-order chi connectivity index (χ0) is 19.3. The van der Waals surface area contributed by atoms with Crippen LogP contribution in [0.4, 0.5) is 0 Å². The largest absolute Gasteiger partial charge is 0.181 e. The monoisotopic (exact) mass is 352 g/mol. The summed E-state index contributed by atoms with van der Waals surface area (Å²) in [7, 11) is 0. The summed E-state index contributed by atoms with van der Waals surface area (Å²) in [6, 6.07) is 30.8. The minimum absolute atomic E-state index is 1.16. The lowest BCUT2D eigenvalue weighted by atomic mass is 9.90. The first-order chi connectivity index (χ1) is 13.3. The van der Waals surface area contributed by atoms with Gasteiger partial charge in [-0.2, -0.15) is 10.5 Å². The fraction of sp³-hybridized carbons (Fsp3) is 0.200. The van der Waals surface area contributed by atoms with Gasteiger partial charge in [0.1, 0.15) is 0 Å². The van der Waals surface area contributed by atoms with Gasteiger partial charge in [-0.3, -0.25) is 0 Å². The maximum atomic E-state index is 7.26. The van der Waals surface area contributed by atoms with Gasteiger partial charge in [0.2, 0.25) is 0 Å². The second-order valence-electron chi connectivity index (χ2n) is 6.25. The first-order valence-corrected chi connectivity index (χ1v) is 9.32. The lowest BCUT2D eigenvalue weighted by Crippen LogP contribution is -1.92. The van der Waals surface area contributed by atoms with Crippen molar-refractivity contribution in [3.8, 4) is 34.4 Å². The number of rotatable bonds is 6. The first-order valence-electron chi connectivity index (χ1n) is 9.32. The molecule has 0 saturated heterocycles. The van der Waals surface area contributed by atoms with Crippen LogP contribution in [0.15, 0.2) is 78.9 Å². The molecule has 0 aliphatic carbocycles. The standard InChI is InChI=1S/C23H24.C2N2/c1-2-3-5-12-19-15-8-9-16-21(19)23-18-11-10-17-22(23)20-13-6-4-7-14-20;3-1-2-4/h4,6-11,13-18H,2-3,5,12H2,1H3;. The molecule has 0 aliphatic rings. The Morgan fingerprint density at radius 3 is 1.81 bits per heavy atom. The number of nitriles is 2. The minimum atomic E-state index is 1.16. The SMILES string of the molecule is CCCCCc1ccccc1-c1ccccc1-c1ccccc1.N#CC#N. The lowest BCUT2D eigenvalue weighted by molar-refractivity contribution is 0.718. The van der Waals surface area contributed by atoms with Crippen LogP contribution in [-0.2, 0) is 6.42 Å². The van der Waals surface area contributed by atoms with Crippen molar-refractivity contribution in [1.82, 2.24) is 0 Å². The maximum Gasteiger partial charge on any atom is 0.181 e. The summed E-state index contributed by atoms with van der Waals surface area (Å²) in [5.41, 5.74) is 6.78. The van der Waals surface area contributed by atoms with E-state index in [1.807, 2.05) is 0 Å². The van der Waals surface area contributed by atoms with E-state index in [-0.39, 0.29) is 0 Å². The van der Waals surface area contributed by atoms with Crippen LogP contribution in [0.1, 0.15) is 31.7 Å². The van der Waals surface area contributed by atoms with Gasteiger partial charge in [0.05, 0.1) is 0 Å². The summed E-state index contributed by atoms with van der Waals surface area (Å²) >= 11 is 0. The minimum Gasteiger partial charge on any atom is -0.181 e. The van der Waals surface area contributed by atoms with Gasteiger partial charge in [-0.25, -0.2) is 0 Å². The summed E-state index contributed by atoms with van der Waals surface area (Å²) in [6.07, 6.45) is 4.99. The molecule has 0 heterocycles. The number of benzene rings is 3. The number of nitrogens with zero attached hydrogens (tertiary/aromatic N) is 2. The molecule has 0 aromatic heterocycles. The van der Waals surface area contributed by atoms with Crippen LogP contribution >= 0.6 is 0 Å². The topological polar surface area (TPSA) is 47.6 Å². The Kier molecular flexibility index (Phi) is 8.35. The molecule has 3 rings (SSSR count). The fourth-order valence-corrected chi connectivity index (χ4v) is 3.15. The third kappa shape index (κ3) is 5.84. The van der Waals surface area contributed by atoms with E-state index >= 15 is 0 Å². The average Bonchev–Trinajstić information content (AvgIpc) is 2.75. The Balaban J connectivity index is 0.000000596. The van der Waals surface area contributed by atoms with Crippen molar-refractivity contribution in [2.45, 2.75) is 32.6 Å². The smallest absolute Gasteiger partial charge is 0.181 e. The quantitative estimate of drug-likeness (QED) is 0.459. The molecule has 0 aliphatic heterocycles. The van der Waals surface area contributed by atoms with E-state index in [2.05, 4.69) is 85.8 Å². The van der Waals surface area contributed by atoms with Gasteiger partial charge in [0.25, 0.3) is 0 Å². The molecule has 2 nitrogen and oxygen atoms in total. The van der Waals surface area contributed by atoms with E-state index in [1.165, 1.54) is 59.2 Å². The molecular weight excluding hydrogens is 328 g/mol. The van der Waals surface area contributed by atoms with Crippen molar-refractivity contribution >= 4 is 0 Å². The Labute approximate surface area is 162 Å². The highest BCUT2D eigenvalue weighted by Crippen LogP contribution is 2.34. The highest BCUT2D eigenvalue weighted by molar-refractivity contribution is 5.84. The molecule has 0 saturated carbocycles. The highest BCUT2D eigenvalue weighted by atomic mass is 14.3. The number of hydrogen-bond acceptors (Lipinski definition) is 2. The van der Waals surface area contributed by atoms with Crippen LogP contribution in [0.3, 0.4) is 0 Å². The lowest BCUT2D eigenvalue weighted by Gasteiger charge is -2.14. The van der Waals surface area contributed by atoms with Crippen molar-refractivity contribution in [2.24, 2.45) is 0 Å². The number of unbranched alkanes of at least 4 members (excludes halogenated alkanes) is 2. The summed E-state index contributed by atoms with van der Waals surface area (Å²) in [5.74, 6) is 0. The zero-order valence-electron chi connectivity index (χ0n) is 15.7. The molecule has 3 aromatic rings. The van der Waals surface area contributed by atoms with Crippen LogP contribution in [0.5, 0.6) is 0 Å². The molecule has 0 amide bonds. The van der Waals surface area contributed by atoms with E-state index in [1.54, 1.807) is 0 Å². The molecule has 0 atom stereocenters. The van der Waals surface area contributed by atoms with Crippen LogP contribution < -0.4 is 0 Å². The van der Waals surface area contributed by atoms with Crippen LogP contribution in [-0.4, -0.2) is 0 Å². The van der Waals surface area contributed by atoms with E-state index in [0.717, 1.165) is 6.42 Å². The predicted molar refractivity (Wildman–Crippen MR) is 112 cm³/mol. The Hall–Kier alpha value is -3.36. The number of hydrogen-bond donors (Lipinski definition) is 0. The van der Waals surface area contributed by atoms with E-state index < -0.39 is 0 Å². The van der Waals surface area contributed by atoms with Gasteiger partial charge < -0.3 is 0 Å². The zero-order valence-corrected chi connectivity index (χ0v) is 15.7. The van der Waals surface area contributed by atoms with Crippen molar-refractivity contribution < 1.29 is 0 Å². The number of aryl methyl sites for hydroxylation is 1. The molecule has 3 aromatic carbocycles. The van der Waals surface area contributed by atoms with E-state index in [9.17, 15) is 0 Å². The molecule has 0 spiro atoms. The second-order valence-corrected chi connectivity index (χ2v) is 6.25. The van der Waals surface area contributed by atoms with Crippen LogP contribution in [0, 0.1) is 22.7 Å². The fourth-order valence-electron chi connectivity index (χ4n) is 3.15. The molecule has 134 valence electrons. The molecular formula is C25H24N2. The maximum absolute atomic E-state index is 7.26. The molecule has 0 fully saturated rings. The van der Waals surface area contributed by atoms with Gasteiger partial charge in [0, 0.05) is 0 Å². The van der Waals surface area contributed by atoms with Crippen molar-refractivity contribution in [3.05, 3.63) is 84.4 Å². The Morgan fingerprint density at radius 2 is 1.19 bits per heavy atom. The predicted octanol–water partition coefficient (Wildman–Crippen LogP) is 6.79. The van der Waals surface area contributed by atoms with Crippen LogP contribution in [0.25, 0.3) is 22.3 Å². The summed E-state index contributed by atoms with van der Waals surface area (Å²) < 4.78 is 0.